The molecule has 1 aromatic carbocycles. The van der Waals surface area contributed by atoms with Gasteiger partial charge in [0.1, 0.15) is 22.1 Å². The maximum absolute atomic E-state index is 13.0. The van der Waals surface area contributed by atoms with Crippen molar-refractivity contribution in [1.29, 1.82) is 0 Å². The van der Waals surface area contributed by atoms with Crippen LogP contribution in [0.2, 0.25) is 0 Å². The van der Waals surface area contributed by atoms with E-state index in [1.54, 1.807) is 11.8 Å². The zero-order valence-corrected chi connectivity index (χ0v) is 20.7. The van der Waals surface area contributed by atoms with Gasteiger partial charge in [0.05, 0.1) is 0 Å². The van der Waals surface area contributed by atoms with E-state index in [0.717, 1.165) is 27.2 Å². The highest BCUT2D eigenvalue weighted by atomic mass is 32.2. The number of benzene rings is 1. The van der Waals surface area contributed by atoms with Crippen LogP contribution in [0.1, 0.15) is 10.6 Å². The van der Waals surface area contributed by atoms with Crippen LogP contribution in [0.15, 0.2) is 70.5 Å². The number of carboxylic acid groups (broad SMARTS) is 1. The second kappa shape index (κ2) is 9.77. The van der Waals surface area contributed by atoms with E-state index in [9.17, 15) is 14.7 Å². The molecule has 1 amide bonds. The van der Waals surface area contributed by atoms with Crippen LogP contribution in [0.4, 0.5) is 5.69 Å². The summed E-state index contributed by atoms with van der Waals surface area (Å²) >= 11 is 4.52. The quantitative estimate of drug-likeness (QED) is 0.270. The molecular formula is C23H22N5O3S3+. The van der Waals surface area contributed by atoms with E-state index < -0.39 is 12.0 Å². The molecule has 0 spiro atoms. The van der Waals surface area contributed by atoms with E-state index >= 15 is 0 Å². The molecule has 0 bridgehead atoms. The third-order valence-electron chi connectivity index (χ3n) is 5.55. The normalized spacial score (nSPS) is 19.6. The van der Waals surface area contributed by atoms with Crippen molar-refractivity contribution in [2.45, 2.75) is 29.2 Å². The van der Waals surface area contributed by atoms with Gasteiger partial charge in [0.2, 0.25) is 0 Å². The van der Waals surface area contributed by atoms with Crippen LogP contribution in [0, 0.1) is 6.92 Å². The third kappa shape index (κ3) is 4.68. The number of nitrogens with zero attached hydrogens (tertiary/aromatic N) is 4. The molecule has 0 saturated carbocycles. The number of fused-ring (bicyclic) bond motifs is 1. The fraction of sp³-hybridized carbons (Fsp3) is 0.261. The van der Waals surface area contributed by atoms with Gasteiger partial charge in [0.25, 0.3) is 5.91 Å². The van der Waals surface area contributed by atoms with Crippen LogP contribution in [0.5, 0.6) is 0 Å². The van der Waals surface area contributed by atoms with Gasteiger partial charge in [-0.2, -0.15) is 0 Å². The zero-order valence-electron chi connectivity index (χ0n) is 18.2. The van der Waals surface area contributed by atoms with Gasteiger partial charge in [-0.05, 0) is 12.5 Å². The number of aromatic nitrogens is 3. The number of aliphatic carboxylic acids is 1. The number of nitrogens with one attached hydrogen (secondary N) is 1. The van der Waals surface area contributed by atoms with Gasteiger partial charge in [-0.1, -0.05) is 53.4 Å². The van der Waals surface area contributed by atoms with E-state index in [4.69, 9.17) is 0 Å². The second-order valence-corrected chi connectivity index (χ2v) is 11.4. The summed E-state index contributed by atoms with van der Waals surface area (Å²) in [5, 5.41) is 21.9. The first-order chi connectivity index (χ1) is 16.5. The van der Waals surface area contributed by atoms with Crippen molar-refractivity contribution in [3.05, 3.63) is 76.7 Å². The van der Waals surface area contributed by atoms with Crippen LogP contribution in [0.3, 0.4) is 0 Å². The molecular weight excluding hydrogens is 490 g/mol. The minimum absolute atomic E-state index is 0.106. The molecule has 2 aliphatic heterocycles. The molecule has 174 valence electrons. The second-order valence-electron chi connectivity index (χ2n) is 7.91. The predicted octanol–water partition coefficient (Wildman–Crippen LogP) is 3.01. The summed E-state index contributed by atoms with van der Waals surface area (Å²) < 4.78 is 2.87. The number of hydrogen-bond acceptors (Lipinski definition) is 8. The van der Waals surface area contributed by atoms with Crippen molar-refractivity contribution in [2.24, 2.45) is 0 Å². The van der Waals surface area contributed by atoms with Gasteiger partial charge in [0, 0.05) is 34.9 Å². The molecule has 4 heterocycles. The Labute approximate surface area is 209 Å². The first-order valence-corrected chi connectivity index (χ1v) is 13.5. The fourth-order valence-corrected chi connectivity index (χ4v) is 7.21. The van der Waals surface area contributed by atoms with Gasteiger partial charge >= 0.3 is 5.97 Å². The van der Waals surface area contributed by atoms with Gasteiger partial charge in [-0.3, -0.25) is 9.69 Å². The maximum Gasteiger partial charge on any atom is 0.352 e. The average molecular weight is 513 g/mol. The lowest BCUT2D eigenvalue weighted by atomic mass is 10.0. The molecule has 11 heteroatoms. The molecule has 8 nitrogen and oxygen atoms in total. The highest BCUT2D eigenvalue weighted by molar-refractivity contribution is 8.01. The Morgan fingerprint density at radius 2 is 2.00 bits per heavy atom. The number of thioether (sulfide) groups is 2. The van der Waals surface area contributed by atoms with Crippen LogP contribution >= 0.6 is 34.9 Å². The molecule has 3 aromatic rings. The minimum Gasteiger partial charge on any atom is -0.477 e. The first-order valence-electron chi connectivity index (χ1n) is 10.6. The maximum atomic E-state index is 13.0. The summed E-state index contributed by atoms with van der Waals surface area (Å²) in [4.78, 5) is 26.4. The van der Waals surface area contributed by atoms with Crippen molar-refractivity contribution in [3.8, 4) is 0 Å². The number of rotatable bonds is 8. The smallest absolute Gasteiger partial charge is 0.352 e. The van der Waals surface area contributed by atoms with E-state index in [2.05, 4.69) is 32.2 Å². The van der Waals surface area contributed by atoms with E-state index in [0.29, 0.717) is 11.5 Å². The van der Waals surface area contributed by atoms with Gasteiger partial charge in [-0.25, -0.2) is 9.36 Å². The summed E-state index contributed by atoms with van der Waals surface area (Å²) in [6.07, 6.45) is 3.94. The van der Waals surface area contributed by atoms with Gasteiger partial charge < -0.3 is 10.4 Å². The lowest BCUT2D eigenvalue weighted by Crippen LogP contribution is -2.67. The number of carbonyl (C=O) groups excluding carboxylic acids is 1. The summed E-state index contributed by atoms with van der Waals surface area (Å²) in [6.45, 7) is 2.64. The monoisotopic (exact) mass is 512 g/mol. The third-order valence-corrected chi connectivity index (χ3v) is 8.95. The molecule has 0 unspecified atom stereocenters. The average Bonchev–Trinajstić information content (AvgIpc) is 3.27. The van der Waals surface area contributed by atoms with Crippen molar-refractivity contribution in [3.63, 3.8) is 0 Å². The molecule has 1 fully saturated rings. The highest BCUT2D eigenvalue weighted by Crippen LogP contribution is 2.42. The molecule has 34 heavy (non-hydrogen) atoms. The molecule has 5 rings (SSSR count). The molecule has 2 aromatic heterocycles. The number of carboxylic acids is 1. The number of pyridine rings is 1. The molecule has 1 saturated heterocycles. The van der Waals surface area contributed by atoms with E-state index in [1.165, 1.54) is 33.6 Å². The zero-order chi connectivity index (χ0) is 23.7. The number of carbonyl (C=O) groups is 2. The Hall–Kier alpha value is -2.89. The van der Waals surface area contributed by atoms with Crippen LogP contribution in [-0.4, -0.2) is 55.0 Å². The Morgan fingerprint density at radius 1 is 1.24 bits per heavy atom. The molecule has 0 radical (unpaired) electrons. The SMILES string of the molecule is Cc1nnc(SCC2=C(C(=O)O)N3C(=O)[C@@H](Nc4cc[n+](Cc5ccccc5)cc4)[C@H]3SC2)s1. The number of β-lactam (4-membered cyclic amide) rings is 1. The Kier molecular flexibility index (Phi) is 6.57. The Morgan fingerprint density at radius 3 is 2.68 bits per heavy atom. The molecule has 2 aliphatic rings. The molecule has 2 N–H and O–H groups in total. The minimum atomic E-state index is -1.07. The number of anilines is 1. The summed E-state index contributed by atoms with van der Waals surface area (Å²) in [7, 11) is 0. The number of amides is 1. The largest absolute Gasteiger partial charge is 0.477 e. The molecule has 2 atom stereocenters. The lowest BCUT2D eigenvalue weighted by molar-refractivity contribution is -0.688. The van der Waals surface area contributed by atoms with E-state index in [-0.39, 0.29) is 17.0 Å². The van der Waals surface area contributed by atoms with Crippen molar-refractivity contribution in [1.82, 2.24) is 15.1 Å². The standard InChI is InChI=1S/C23H21N5O3S3/c1-14-25-26-23(34-14)33-13-16-12-32-21-18(20(29)28(21)19(16)22(30)31)24-17-7-9-27(10-8-17)11-15-5-3-2-4-6-15/h2-10,18,21H,11-13H2,1H3,(H,30,31)/p+1/t18-,21-/m1/s1. The lowest BCUT2D eigenvalue weighted by Gasteiger charge is -2.49. The van der Waals surface area contributed by atoms with Crippen molar-refractivity contribution in [2.75, 3.05) is 16.8 Å². The van der Waals surface area contributed by atoms with Crippen LogP contribution in [0.25, 0.3) is 0 Å². The predicted molar refractivity (Wildman–Crippen MR) is 133 cm³/mol. The highest BCUT2D eigenvalue weighted by Gasteiger charge is 2.53. The summed E-state index contributed by atoms with van der Waals surface area (Å²) in [5.41, 5.74) is 2.88. The van der Waals surface area contributed by atoms with Crippen molar-refractivity contribution >= 4 is 52.4 Å². The van der Waals surface area contributed by atoms with Gasteiger partial charge in [0.15, 0.2) is 23.3 Å². The number of aryl methyl sites for hydroxylation is 1. The number of hydrogen-bond donors (Lipinski definition) is 2. The Bertz CT molecular complexity index is 1250. The summed E-state index contributed by atoms with van der Waals surface area (Å²) in [5.74, 6) is -0.254. The topological polar surface area (TPSA) is 99.3 Å². The molecule has 0 aliphatic carbocycles. The summed E-state index contributed by atoms with van der Waals surface area (Å²) in [6, 6.07) is 13.6. The first kappa shape index (κ1) is 22.9. The van der Waals surface area contributed by atoms with Crippen LogP contribution < -0.4 is 9.88 Å². The van der Waals surface area contributed by atoms with Crippen molar-refractivity contribution < 1.29 is 19.3 Å². The van der Waals surface area contributed by atoms with Crippen LogP contribution in [-0.2, 0) is 16.1 Å². The van der Waals surface area contributed by atoms with E-state index in [1.807, 2.05) is 49.6 Å². The van der Waals surface area contributed by atoms with Gasteiger partial charge in [-0.15, -0.1) is 22.0 Å². The fourth-order valence-electron chi connectivity index (χ4n) is 3.91. The Balaban J connectivity index is 1.25.